The molecule has 0 saturated carbocycles. The largest absolute Gasteiger partial charge is 0.507 e. The zero-order valence-electron chi connectivity index (χ0n) is 11.4. The number of benzene rings is 1. The molecular weight excluding hydrogens is 238 g/mol. The normalized spacial score (nSPS) is 17.1. The Labute approximate surface area is 112 Å². The Bertz CT molecular complexity index is 635. The molecule has 2 heterocycles. The number of nitrogens with zero attached hydrogens (tertiary/aromatic N) is 1. The summed E-state index contributed by atoms with van der Waals surface area (Å²) in [5.74, 6) is 1.48. The fourth-order valence-electron chi connectivity index (χ4n) is 2.83. The second-order valence-electron chi connectivity index (χ2n) is 5.12. The fraction of sp³-hybridized carbons (Fsp3) is 0.312. The van der Waals surface area contributed by atoms with Gasteiger partial charge >= 0.3 is 0 Å². The molecule has 3 rings (SSSR count). The second kappa shape index (κ2) is 4.26. The molecule has 0 saturated heterocycles. The molecule has 3 nitrogen and oxygen atoms in total. The molecule has 3 heteroatoms. The average molecular weight is 255 g/mol. The van der Waals surface area contributed by atoms with Gasteiger partial charge in [0.25, 0.3) is 0 Å². The van der Waals surface area contributed by atoms with E-state index in [9.17, 15) is 5.11 Å². The molecule has 0 fully saturated rings. The predicted molar refractivity (Wildman–Crippen MR) is 73.9 cm³/mol. The molecule has 1 aromatic heterocycles. The van der Waals surface area contributed by atoms with E-state index in [1.165, 1.54) is 0 Å². The monoisotopic (exact) mass is 255 g/mol. The van der Waals surface area contributed by atoms with E-state index >= 15 is 0 Å². The lowest BCUT2D eigenvalue weighted by molar-refractivity contribution is 0.340. The standard InChI is InChI=1S/C16H17NO2/c1-9-10(2)16-14(11(3)15(9)18)13(8-19-16)12-5-4-6-17-7-12/h4-7,13,18H,8H2,1-3H3. The van der Waals surface area contributed by atoms with Crippen LogP contribution in [0.1, 0.15) is 33.7 Å². The van der Waals surface area contributed by atoms with E-state index in [2.05, 4.69) is 11.1 Å². The van der Waals surface area contributed by atoms with Crippen LogP contribution >= 0.6 is 0 Å². The van der Waals surface area contributed by atoms with Crippen molar-refractivity contribution in [1.29, 1.82) is 0 Å². The summed E-state index contributed by atoms with van der Waals surface area (Å²) in [6.07, 6.45) is 3.64. The molecule has 1 aliphatic rings. The summed E-state index contributed by atoms with van der Waals surface area (Å²) in [4.78, 5) is 4.18. The van der Waals surface area contributed by atoms with Crippen LogP contribution in [0.2, 0.25) is 0 Å². The van der Waals surface area contributed by atoms with E-state index in [1.54, 1.807) is 6.20 Å². The van der Waals surface area contributed by atoms with Crippen molar-refractivity contribution in [2.24, 2.45) is 0 Å². The summed E-state index contributed by atoms with van der Waals surface area (Å²) in [6.45, 7) is 6.50. The zero-order valence-corrected chi connectivity index (χ0v) is 11.4. The van der Waals surface area contributed by atoms with E-state index in [-0.39, 0.29) is 5.92 Å². The van der Waals surface area contributed by atoms with Crippen LogP contribution in [0.4, 0.5) is 0 Å². The van der Waals surface area contributed by atoms with Crippen LogP contribution in [-0.2, 0) is 0 Å². The Balaban J connectivity index is 2.21. The molecule has 19 heavy (non-hydrogen) atoms. The van der Waals surface area contributed by atoms with Crippen LogP contribution in [0.3, 0.4) is 0 Å². The van der Waals surface area contributed by atoms with Crippen molar-refractivity contribution in [1.82, 2.24) is 4.98 Å². The minimum Gasteiger partial charge on any atom is -0.507 e. The quantitative estimate of drug-likeness (QED) is 0.850. The highest BCUT2D eigenvalue weighted by Gasteiger charge is 2.31. The number of hydrogen-bond donors (Lipinski definition) is 1. The van der Waals surface area contributed by atoms with E-state index in [0.717, 1.165) is 33.6 Å². The first-order valence-electron chi connectivity index (χ1n) is 6.46. The highest BCUT2D eigenvalue weighted by molar-refractivity contribution is 5.61. The van der Waals surface area contributed by atoms with Crippen LogP contribution in [-0.4, -0.2) is 16.7 Å². The Hall–Kier alpha value is -2.03. The van der Waals surface area contributed by atoms with Crippen molar-refractivity contribution in [2.75, 3.05) is 6.61 Å². The highest BCUT2D eigenvalue weighted by atomic mass is 16.5. The van der Waals surface area contributed by atoms with Gasteiger partial charge in [0.05, 0.1) is 6.61 Å². The molecule has 0 radical (unpaired) electrons. The molecule has 0 amide bonds. The Morgan fingerprint density at radius 1 is 1.21 bits per heavy atom. The highest BCUT2D eigenvalue weighted by Crippen LogP contribution is 2.46. The van der Waals surface area contributed by atoms with E-state index in [0.29, 0.717) is 12.4 Å². The van der Waals surface area contributed by atoms with Crippen molar-refractivity contribution in [3.63, 3.8) is 0 Å². The number of hydrogen-bond acceptors (Lipinski definition) is 3. The Morgan fingerprint density at radius 3 is 2.68 bits per heavy atom. The lowest BCUT2D eigenvalue weighted by Crippen LogP contribution is -2.04. The maximum atomic E-state index is 10.2. The van der Waals surface area contributed by atoms with Crippen molar-refractivity contribution in [2.45, 2.75) is 26.7 Å². The third-order valence-corrected chi connectivity index (χ3v) is 4.09. The van der Waals surface area contributed by atoms with Gasteiger partial charge in [-0.05, 0) is 49.1 Å². The summed E-state index contributed by atoms with van der Waals surface area (Å²) >= 11 is 0. The van der Waals surface area contributed by atoms with Gasteiger partial charge in [0, 0.05) is 23.9 Å². The van der Waals surface area contributed by atoms with Gasteiger partial charge in [-0.1, -0.05) is 6.07 Å². The molecule has 1 aromatic carbocycles. The summed E-state index contributed by atoms with van der Waals surface area (Å²) in [5.41, 5.74) is 5.10. The lowest BCUT2D eigenvalue weighted by Gasteiger charge is -2.15. The molecule has 0 aliphatic carbocycles. The van der Waals surface area contributed by atoms with Gasteiger partial charge in [0.2, 0.25) is 0 Å². The van der Waals surface area contributed by atoms with Crippen LogP contribution < -0.4 is 4.74 Å². The van der Waals surface area contributed by atoms with E-state index in [4.69, 9.17) is 4.74 Å². The van der Waals surface area contributed by atoms with E-state index in [1.807, 2.05) is 33.0 Å². The maximum Gasteiger partial charge on any atom is 0.126 e. The van der Waals surface area contributed by atoms with Crippen LogP contribution in [0.5, 0.6) is 11.5 Å². The first-order chi connectivity index (χ1) is 9.11. The number of pyridine rings is 1. The van der Waals surface area contributed by atoms with Crippen LogP contribution in [0.25, 0.3) is 0 Å². The molecule has 98 valence electrons. The average Bonchev–Trinajstić information content (AvgIpc) is 2.88. The molecule has 2 aromatic rings. The van der Waals surface area contributed by atoms with E-state index < -0.39 is 0 Å². The SMILES string of the molecule is Cc1c(C)c2c(c(C)c1O)C(c1cccnc1)CO2. The van der Waals surface area contributed by atoms with Crippen LogP contribution in [0, 0.1) is 20.8 Å². The summed E-state index contributed by atoms with van der Waals surface area (Å²) in [5, 5.41) is 10.2. The number of aromatic hydroxyl groups is 1. The third-order valence-electron chi connectivity index (χ3n) is 4.09. The van der Waals surface area contributed by atoms with Crippen molar-refractivity contribution >= 4 is 0 Å². The van der Waals surface area contributed by atoms with Gasteiger partial charge in [0.1, 0.15) is 11.5 Å². The molecule has 1 unspecified atom stereocenters. The van der Waals surface area contributed by atoms with Gasteiger partial charge < -0.3 is 9.84 Å². The minimum absolute atomic E-state index is 0.161. The van der Waals surface area contributed by atoms with Crippen molar-refractivity contribution < 1.29 is 9.84 Å². The van der Waals surface area contributed by atoms with Gasteiger partial charge in [-0.25, -0.2) is 0 Å². The van der Waals surface area contributed by atoms with Gasteiger partial charge in [-0.2, -0.15) is 0 Å². The topological polar surface area (TPSA) is 42.4 Å². The smallest absolute Gasteiger partial charge is 0.126 e. The number of phenolic OH excluding ortho intramolecular Hbond substituents is 1. The van der Waals surface area contributed by atoms with Crippen molar-refractivity contribution in [3.05, 3.63) is 52.3 Å². The minimum atomic E-state index is 0.161. The molecule has 0 spiro atoms. The second-order valence-corrected chi connectivity index (χ2v) is 5.12. The Morgan fingerprint density at radius 2 is 2.00 bits per heavy atom. The molecule has 0 bridgehead atoms. The molecular formula is C16H17NO2. The maximum absolute atomic E-state index is 10.2. The summed E-state index contributed by atoms with van der Waals surface area (Å²) in [6, 6.07) is 3.99. The van der Waals surface area contributed by atoms with Gasteiger partial charge in [-0.15, -0.1) is 0 Å². The van der Waals surface area contributed by atoms with Crippen LogP contribution in [0.15, 0.2) is 24.5 Å². The number of phenols is 1. The Kier molecular flexibility index (Phi) is 2.70. The summed E-state index contributed by atoms with van der Waals surface area (Å²) < 4.78 is 5.87. The number of fused-ring (bicyclic) bond motifs is 1. The van der Waals surface area contributed by atoms with Crippen molar-refractivity contribution in [3.8, 4) is 11.5 Å². The molecule has 1 N–H and O–H groups in total. The van der Waals surface area contributed by atoms with Gasteiger partial charge in [-0.3, -0.25) is 4.98 Å². The lowest BCUT2D eigenvalue weighted by atomic mass is 9.88. The number of ether oxygens (including phenoxy) is 1. The predicted octanol–water partition coefficient (Wildman–Crippen LogP) is 3.24. The summed E-state index contributed by atoms with van der Waals surface area (Å²) in [7, 11) is 0. The first kappa shape index (κ1) is 12.0. The first-order valence-corrected chi connectivity index (χ1v) is 6.46. The third kappa shape index (κ3) is 1.69. The molecule has 1 atom stereocenters. The zero-order chi connectivity index (χ0) is 13.6. The molecule has 1 aliphatic heterocycles. The fourth-order valence-corrected chi connectivity index (χ4v) is 2.83. The number of rotatable bonds is 1. The number of aromatic nitrogens is 1. The van der Waals surface area contributed by atoms with Gasteiger partial charge in [0.15, 0.2) is 0 Å².